The van der Waals surface area contributed by atoms with Crippen molar-refractivity contribution in [3.8, 4) is 5.75 Å². The number of halogens is 1. The van der Waals surface area contributed by atoms with Crippen molar-refractivity contribution in [3.63, 3.8) is 0 Å². The summed E-state index contributed by atoms with van der Waals surface area (Å²) in [5.74, 6) is 0.736. The summed E-state index contributed by atoms with van der Waals surface area (Å²) in [7, 11) is 1.62. The van der Waals surface area contributed by atoms with Crippen LogP contribution in [0.5, 0.6) is 5.75 Å². The van der Waals surface area contributed by atoms with Gasteiger partial charge in [-0.1, -0.05) is 17.7 Å². The van der Waals surface area contributed by atoms with Gasteiger partial charge in [-0.05, 0) is 67.5 Å². The molecule has 8 heteroatoms. The molecule has 2 heterocycles. The first-order valence-electron chi connectivity index (χ1n) is 10.1. The average molecular weight is 458 g/mol. The first-order chi connectivity index (χ1) is 15.0. The summed E-state index contributed by atoms with van der Waals surface area (Å²) in [5, 5.41) is 5.28. The Labute approximate surface area is 191 Å². The summed E-state index contributed by atoms with van der Waals surface area (Å²) in [6, 6.07) is 14.8. The van der Waals surface area contributed by atoms with E-state index in [1.165, 1.54) is 0 Å². The van der Waals surface area contributed by atoms with E-state index in [1.807, 2.05) is 53.4 Å². The number of fused-ring (bicyclic) bond motifs is 1. The van der Waals surface area contributed by atoms with Crippen molar-refractivity contribution in [1.82, 2.24) is 9.88 Å². The Hall–Kier alpha value is -2.61. The van der Waals surface area contributed by atoms with Crippen LogP contribution in [0.3, 0.4) is 0 Å². The van der Waals surface area contributed by atoms with Crippen molar-refractivity contribution in [1.29, 1.82) is 0 Å². The van der Waals surface area contributed by atoms with Gasteiger partial charge in [-0.2, -0.15) is 0 Å². The van der Waals surface area contributed by atoms with Gasteiger partial charge in [0.05, 0.1) is 19.8 Å². The highest BCUT2D eigenvalue weighted by Crippen LogP contribution is 2.21. The van der Waals surface area contributed by atoms with E-state index in [0.717, 1.165) is 41.8 Å². The predicted molar refractivity (Wildman–Crippen MR) is 128 cm³/mol. The van der Waals surface area contributed by atoms with Crippen LogP contribution in [-0.2, 0) is 11.3 Å². The van der Waals surface area contributed by atoms with Crippen LogP contribution in [0.25, 0.3) is 10.9 Å². The maximum atomic E-state index is 12.8. The summed E-state index contributed by atoms with van der Waals surface area (Å²) in [6.45, 7) is 1.71. The Morgan fingerprint density at radius 1 is 1.32 bits per heavy atom. The molecule has 162 valence electrons. The smallest absolute Gasteiger partial charge is 0.253 e. The molecule has 2 aromatic carbocycles. The first-order valence-corrected chi connectivity index (χ1v) is 10.9. The summed E-state index contributed by atoms with van der Waals surface area (Å²) in [5.41, 5.74) is 2.04. The number of methoxy groups -OCH3 is 1. The fraction of sp³-hybridized carbons (Fsp3) is 0.304. The van der Waals surface area contributed by atoms with Gasteiger partial charge in [-0.25, -0.2) is 0 Å². The Morgan fingerprint density at radius 2 is 2.19 bits per heavy atom. The zero-order valence-electron chi connectivity index (χ0n) is 17.2. The van der Waals surface area contributed by atoms with Crippen LogP contribution in [0.15, 0.2) is 53.3 Å². The predicted octanol–water partition coefficient (Wildman–Crippen LogP) is 4.57. The van der Waals surface area contributed by atoms with Gasteiger partial charge in [0.15, 0.2) is 5.11 Å². The lowest BCUT2D eigenvalue weighted by Crippen LogP contribution is -2.40. The highest BCUT2D eigenvalue weighted by Gasteiger charge is 2.22. The molecule has 0 amide bonds. The number of nitrogens with zero attached hydrogens (tertiary/aromatic N) is 1. The Morgan fingerprint density at radius 3 is 2.94 bits per heavy atom. The van der Waals surface area contributed by atoms with E-state index in [9.17, 15) is 4.79 Å². The molecule has 0 unspecified atom stereocenters. The molecule has 3 aromatic rings. The molecule has 1 aliphatic rings. The number of H-pyrrole nitrogens is 1. The number of hydrogen-bond donors (Lipinski definition) is 2. The Bertz CT molecular complexity index is 1140. The van der Waals surface area contributed by atoms with E-state index in [0.29, 0.717) is 28.8 Å². The third-order valence-electron chi connectivity index (χ3n) is 5.30. The minimum atomic E-state index is -0.138. The van der Waals surface area contributed by atoms with Crippen molar-refractivity contribution in [2.24, 2.45) is 0 Å². The zero-order valence-corrected chi connectivity index (χ0v) is 18.8. The Balaban J connectivity index is 1.61. The maximum absolute atomic E-state index is 12.8. The number of thiocarbonyl (C=S) groups is 1. The molecule has 2 N–H and O–H groups in total. The molecule has 0 spiro atoms. The zero-order chi connectivity index (χ0) is 21.8. The van der Waals surface area contributed by atoms with Crippen molar-refractivity contribution in [2.75, 3.05) is 25.6 Å². The van der Waals surface area contributed by atoms with Gasteiger partial charge in [0.2, 0.25) is 0 Å². The number of pyridine rings is 1. The minimum absolute atomic E-state index is 0.0822. The van der Waals surface area contributed by atoms with Gasteiger partial charge in [-0.3, -0.25) is 4.79 Å². The van der Waals surface area contributed by atoms with E-state index in [1.54, 1.807) is 7.11 Å². The second-order valence-electron chi connectivity index (χ2n) is 7.53. The summed E-state index contributed by atoms with van der Waals surface area (Å²) < 4.78 is 11.1. The monoisotopic (exact) mass is 457 g/mol. The van der Waals surface area contributed by atoms with E-state index in [4.69, 9.17) is 33.3 Å². The lowest BCUT2D eigenvalue weighted by Gasteiger charge is -2.28. The van der Waals surface area contributed by atoms with E-state index in [2.05, 4.69) is 10.3 Å². The number of benzene rings is 2. The first kappa shape index (κ1) is 21.6. The summed E-state index contributed by atoms with van der Waals surface area (Å²) in [4.78, 5) is 17.7. The largest absolute Gasteiger partial charge is 0.497 e. The van der Waals surface area contributed by atoms with Gasteiger partial charge < -0.3 is 24.7 Å². The molecule has 1 fully saturated rings. The number of anilines is 1. The standard InChI is InChI=1S/C23H24ClN3O3S/c1-29-19-7-8-21-15(11-19)10-16(22(28)26-21)13-27(14-20-6-3-9-30-20)23(31)25-18-5-2-4-17(24)12-18/h2,4-5,7-8,10-12,20H,3,6,9,13-14H2,1H3,(H,25,31)(H,26,28)/t20-/m0/s1. The molecule has 0 saturated carbocycles. The SMILES string of the molecule is COc1ccc2[nH]c(=O)c(CN(C[C@@H]3CCCO3)C(=S)Nc3cccc(Cl)c3)cc2c1. The highest BCUT2D eigenvalue weighted by molar-refractivity contribution is 7.80. The molecule has 1 aliphatic heterocycles. The summed E-state index contributed by atoms with van der Waals surface area (Å²) in [6.07, 6.45) is 2.09. The second-order valence-corrected chi connectivity index (χ2v) is 8.36. The number of aromatic amines is 1. The molecule has 1 atom stereocenters. The molecule has 1 aromatic heterocycles. The maximum Gasteiger partial charge on any atom is 0.253 e. The van der Waals surface area contributed by atoms with Gasteiger partial charge >= 0.3 is 0 Å². The topological polar surface area (TPSA) is 66.6 Å². The molecule has 1 saturated heterocycles. The second kappa shape index (κ2) is 9.68. The molecule has 0 aliphatic carbocycles. The van der Waals surface area contributed by atoms with Crippen molar-refractivity contribution in [2.45, 2.75) is 25.5 Å². The van der Waals surface area contributed by atoms with Crippen LogP contribution in [0, 0.1) is 0 Å². The summed E-state index contributed by atoms with van der Waals surface area (Å²) >= 11 is 11.8. The third-order valence-corrected chi connectivity index (χ3v) is 5.90. The molecular weight excluding hydrogens is 434 g/mol. The highest BCUT2D eigenvalue weighted by atomic mass is 35.5. The van der Waals surface area contributed by atoms with Crippen LogP contribution in [0.2, 0.25) is 5.02 Å². The average Bonchev–Trinajstić information content (AvgIpc) is 3.26. The van der Waals surface area contributed by atoms with Crippen LogP contribution in [0.1, 0.15) is 18.4 Å². The van der Waals surface area contributed by atoms with Gasteiger partial charge in [-0.15, -0.1) is 0 Å². The third kappa shape index (κ3) is 5.36. The lowest BCUT2D eigenvalue weighted by molar-refractivity contribution is 0.0904. The molecule has 6 nitrogen and oxygen atoms in total. The Kier molecular flexibility index (Phi) is 6.75. The molecular formula is C23H24ClN3O3S. The fourth-order valence-electron chi connectivity index (χ4n) is 3.70. The van der Waals surface area contributed by atoms with Crippen molar-refractivity contribution < 1.29 is 9.47 Å². The van der Waals surface area contributed by atoms with E-state index < -0.39 is 0 Å². The quantitative estimate of drug-likeness (QED) is 0.528. The van der Waals surface area contributed by atoms with Gasteiger partial charge in [0, 0.05) is 40.3 Å². The van der Waals surface area contributed by atoms with Crippen LogP contribution < -0.4 is 15.6 Å². The van der Waals surface area contributed by atoms with Crippen LogP contribution in [0.4, 0.5) is 5.69 Å². The lowest BCUT2D eigenvalue weighted by atomic mass is 10.1. The molecule has 4 rings (SSSR count). The number of ether oxygens (including phenoxy) is 2. The minimum Gasteiger partial charge on any atom is -0.497 e. The van der Waals surface area contributed by atoms with Crippen molar-refractivity contribution >= 4 is 45.5 Å². The number of nitrogens with one attached hydrogen (secondary N) is 2. The van der Waals surface area contributed by atoms with Gasteiger partial charge in [0.1, 0.15) is 5.75 Å². The van der Waals surface area contributed by atoms with Gasteiger partial charge in [0.25, 0.3) is 5.56 Å². The van der Waals surface area contributed by atoms with E-state index in [-0.39, 0.29) is 11.7 Å². The molecule has 31 heavy (non-hydrogen) atoms. The van der Waals surface area contributed by atoms with E-state index >= 15 is 0 Å². The molecule has 0 radical (unpaired) electrons. The van der Waals surface area contributed by atoms with Crippen molar-refractivity contribution in [3.05, 3.63) is 69.5 Å². The van der Waals surface area contributed by atoms with Crippen LogP contribution >= 0.6 is 23.8 Å². The number of aromatic nitrogens is 1. The number of rotatable bonds is 6. The number of hydrogen-bond acceptors (Lipinski definition) is 4. The van der Waals surface area contributed by atoms with Crippen LogP contribution in [-0.4, -0.2) is 41.4 Å². The molecule has 0 bridgehead atoms. The normalized spacial score (nSPS) is 15.7. The fourth-order valence-corrected chi connectivity index (χ4v) is 4.15.